The van der Waals surface area contributed by atoms with Crippen LogP contribution in [0.25, 0.3) is 0 Å². The number of hydrogen-bond donors (Lipinski definition) is 2. The molecule has 1 fully saturated rings. The number of nitrogen functional groups attached to an aromatic ring is 1. The largest absolute Gasteiger partial charge is 0.396 e. The van der Waals surface area contributed by atoms with E-state index in [2.05, 4.69) is 5.32 Å². The van der Waals surface area contributed by atoms with Crippen LogP contribution in [-0.2, 0) is 11.3 Å². The molecule has 0 radical (unpaired) electrons. The Bertz CT molecular complexity index is 424. The molecule has 5 heteroatoms. The smallest absolute Gasteiger partial charge is 0.0693 e. The molecule has 1 aliphatic rings. The summed E-state index contributed by atoms with van der Waals surface area (Å²) >= 11 is 12.0. The SMILES string of the molecule is COCCC1(CNCc2cc(Cl)c(N)c(Cl)c2)CC1. The summed E-state index contributed by atoms with van der Waals surface area (Å²) in [4.78, 5) is 0. The number of rotatable bonds is 7. The normalized spacial score (nSPS) is 16.6. The van der Waals surface area contributed by atoms with Crippen molar-refractivity contribution in [2.24, 2.45) is 5.41 Å². The number of nitrogens with two attached hydrogens (primary N) is 1. The second kappa shape index (κ2) is 6.31. The summed E-state index contributed by atoms with van der Waals surface area (Å²) < 4.78 is 5.15. The van der Waals surface area contributed by atoms with E-state index in [1.165, 1.54) is 12.8 Å². The Morgan fingerprint density at radius 3 is 2.47 bits per heavy atom. The van der Waals surface area contributed by atoms with Crippen molar-refractivity contribution in [2.75, 3.05) is 26.0 Å². The third kappa shape index (κ3) is 3.99. The first-order chi connectivity index (χ1) is 9.06. The van der Waals surface area contributed by atoms with Gasteiger partial charge in [-0.2, -0.15) is 0 Å². The zero-order chi connectivity index (χ0) is 13.9. The van der Waals surface area contributed by atoms with Crippen LogP contribution in [-0.4, -0.2) is 20.3 Å². The molecule has 19 heavy (non-hydrogen) atoms. The highest BCUT2D eigenvalue weighted by Gasteiger charge is 2.41. The summed E-state index contributed by atoms with van der Waals surface area (Å²) in [6, 6.07) is 3.73. The Morgan fingerprint density at radius 2 is 1.95 bits per heavy atom. The van der Waals surface area contributed by atoms with Gasteiger partial charge in [-0.25, -0.2) is 0 Å². The van der Waals surface area contributed by atoms with Crippen molar-refractivity contribution in [2.45, 2.75) is 25.8 Å². The average molecular weight is 303 g/mol. The molecule has 1 aromatic carbocycles. The molecule has 0 aromatic heterocycles. The number of benzene rings is 1. The lowest BCUT2D eigenvalue weighted by atomic mass is 10.0. The van der Waals surface area contributed by atoms with Crippen LogP contribution < -0.4 is 11.1 Å². The summed E-state index contributed by atoms with van der Waals surface area (Å²) in [5.41, 5.74) is 7.67. The molecule has 106 valence electrons. The van der Waals surface area contributed by atoms with E-state index < -0.39 is 0 Å². The lowest BCUT2D eigenvalue weighted by Gasteiger charge is -2.16. The second-order valence-corrected chi connectivity index (χ2v) is 6.13. The lowest BCUT2D eigenvalue weighted by molar-refractivity contribution is 0.171. The third-order valence-electron chi connectivity index (χ3n) is 3.76. The Morgan fingerprint density at radius 1 is 1.32 bits per heavy atom. The first-order valence-corrected chi connectivity index (χ1v) is 7.25. The maximum Gasteiger partial charge on any atom is 0.0693 e. The Hall–Kier alpha value is -0.480. The van der Waals surface area contributed by atoms with E-state index in [4.69, 9.17) is 33.7 Å². The molecule has 0 aliphatic heterocycles. The van der Waals surface area contributed by atoms with Gasteiger partial charge in [0.15, 0.2) is 0 Å². The van der Waals surface area contributed by atoms with E-state index >= 15 is 0 Å². The molecule has 0 saturated heterocycles. The third-order valence-corrected chi connectivity index (χ3v) is 4.39. The molecule has 1 aliphatic carbocycles. The van der Waals surface area contributed by atoms with Crippen LogP contribution in [0.5, 0.6) is 0 Å². The minimum absolute atomic E-state index is 0.442. The Balaban J connectivity index is 1.83. The molecular formula is C14H20Cl2N2O. The predicted octanol–water partition coefficient (Wildman–Crippen LogP) is 3.48. The van der Waals surface area contributed by atoms with Crippen molar-refractivity contribution < 1.29 is 4.74 Å². The molecule has 0 spiro atoms. The fraction of sp³-hybridized carbons (Fsp3) is 0.571. The van der Waals surface area contributed by atoms with Gasteiger partial charge in [-0.05, 0) is 42.4 Å². The predicted molar refractivity (Wildman–Crippen MR) is 80.7 cm³/mol. The second-order valence-electron chi connectivity index (χ2n) is 5.32. The van der Waals surface area contributed by atoms with Gasteiger partial charge in [-0.3, -0.25) is 0 Å². The highest BCUT2D eigenvalue weighted by Crippen LogP contribution is 2.48. The van der Waals surface area contributed by atoms with Gasteiger partial charge in [0.1, 0.15) is 0 Å². The summed E-state index contributed by atoms with van der Waals surface area (Å²) in [5, 5.41) is 4.51. The molecule has 0 amide bonds. The van der Waals surface area contributed by atoms with Crippen molar-refractivity contribution in [3.8, 4) is 0 Å². The van der Waals surface area contributed by atoms with Crippen LogP contribution in [0.3, 0.4) is 0 Å². The quantitative estimate of drug-likeness (QED) is 0.758. The van der Waals surface area contributed by atoms with Crippen molar-refractivity contribution >= 4 is 28.9 Å². The van der Waals surface area contributed by atoms with Gasteiger partial charge in [-0.1, -0.05) is 23.2 Å². The van der Waals surface area contributed by atoms with Gasteiger partial charge in [-0.15, -0.1) is 0 Å². The van der Waals surface area contributed by atoms with Crippen molar-refractivity contribution in [3.63, 3.8) is 0 Å². The number of ether oxygens (including phenoxy) is 1. The summed E-state index contributed by atoms with van der Waals surface area (Å²) in [7, 11) is 1.75. The molecule has 0 unspecified atom stereocenters. The highest BCUT2D eigenvalue weighted by molar-refractivity contribution is 6.38. The minimum Gasteiger partial charge on any atom is -0.396 e. The van der Waals surface area contributed by atoms with Crippen LogP contribution in [0.15, 0.2) is 12.1 Å². The van der Waals surface area contributed by atoms with E-state index in [1.807, 2.05) is 12.1 Å². The molecule has 1 saturated carbocycles. The van der Waals surface area contributed by atoms with Gasteiger partial charge >= 0.3 is 0 Å². The summed E-state index contributed by atoms with van der Waals surface area (Å²) in [5.74, 6) is 0. The maximum atomic E-state index is 6.02. The standard InChI is InChI=1S/C14H20Cl2N2O/c1-19-5-4-14(2-3-14)9-18-8-10-6-11(15)13(17)12(16)7-10/h6-7,18H,2-5,8-9,17H2,1H3. The van der Waals surface area contributed by atoms with Crippen molar-refractivity contribution in [1.29, 1.82) is 0 Å². The number of nitrogens with one attached hydrogen (secondary N) is 1. The molecule has 0 heterocycles. The van der Waals surface area contributed by atoms with Gasteiger partial charge in [0.2, 0.25) is 0 Å². The molecule has 3 N–H and O–H groups in total. The Labute approximate surface area is 124 Å². The van der Waals surface area contributed by atoms with Gasteiger partial charge < -0.3 is 15.8 Å². The van der Waals surface area contributed by atoms with E-state index in [0.29, 0.717) is 21.1 Å². The Kier molecular flexibility index (Phi) is 4.96. The summed E-state index contributed by atoms with van der Waals surface area (Å²) in [6.45, 7) is 2.60. The molecule has 0 bridgehead atoms. The summed E-state index contributed by atoms with van der Waals surface area (Å²) in [6.07, 6.45) is 3.69. The van der Waals surface area contributed by atoms with E-state index in [0.717, 1.165) is 31.7 Å². The number of halogens is 2. The molecule has 2 rings (SSSR count). The number of anilines is 1. The first-order valence-electron chi connectivity index (χ1n) is 6.49. The molecular weight excluding hydrogens is 283 g/mol. The monoisotopic (exact) mass is 302 g/mol. The average Bonchev–Trinajstić information content (AvgIpc) is 3.14. The number of hydrogen-bond acceptors (Lipinski definition) is 3. The lowest BCUT2D eigenvalue weighted by Crippen LogP contribution is -2.24. The van der Waals surface area contributed by atoms with Gasteiger partial charge in [0.25, 0.3) is 0 Å². The number of methoxy groups -OCH3 is 1. The zero-order valence-corrected chi connectivity index (χ0v) is 12.7. The van der Waals surface area contributed by atoms with Crippen LogP contribution in [0.2, 0.25) is 10.0 Å². The van der Waals surface area contributed by atoms with Crippen LogP contribution in [0.1, 0.15) is 24.8 Å². The fourth-order valence-electron chi connectivity index (χ4n) is 2.22. The molecule has 3 nitrogen and oxygen atoms in total. The van der Waals surface area contributed by atoms with Crippen LogP contribution in [0, 0.1) is 5.41 Å². The van der Waals surface area contributed by atoms with E-state index in [9.17, 15) is 0 Å². The molecule has 1 aromatic rings. The van der Waals surface area contributed by atoms with Crippen LogP contribution in [0.4, 0.5) is 5.69 Å². The van der Waals surface area contributed by atoms with Crippen molar-refractivity contribution in [1.82, 2.24) is 5.32 Å². The van der Waals surface area contributed by atoms with E-state index in [1.54, 1.807) is 7.11 Å². The van der Waals surface area contributed by atoms with E-state index in [-0.39, 0.29) is 0 Å². The fourth-order valence-corrected chi connectivity index (χ4v) is 2.75. The van der Waals surface area contributed by atoms with Gasteiger partial charge in [0.05, 0.1) is 15.7 Å². The maximum absolute atomic E-state index is 6.02. The topological polar surface area (TPSA) is 47.3 Å². The highest BCUT2D eigenvalue weighted by atomic mass is 35.5. The minimum atomic E-state index is 0.442. The zero-order valence-electron chi connectivity index (χ0n) is 11.1. The van der Waals surface area contributed by atoms with Crippen LogP contribution >= 0.6 is 23.2 Å². The van der Waals surface area contributed by atoms with Crippen molar-refractivity contribution in [3.05, 3.63) is 27.7 Å². The van der Waals surface area contributed by atoms with Gasteiger partial charge in [0, 0.05) is 26.8 Å². The first kappa shape index (κ1) is 14.9. The molecule has 0 atom stereocenters.